The first-order valence-corrected chi connectivity index (χ1v) is 8.91. The van der Waals surface area contributed by atoms with Gasteiger partial charge in [0.2, 0.25) is 0 Å². The molecule has 1 heterocycles. The number of nitrogens with one attached hydrogen (secondary N) is 2. The van der Waals surface area contributed by atoms with Crippen LogP contribution in [0.3, 0.4) is 0 Å². The average molecular weight is 372 g/mol. The molecule has 0 aromatic carbocycles. The molecule has 0 aliphatic rings. The van der Waals surface area contributed by atoms with Gasteiger partial charge in [0.25, 0.3) is 5.56 Å². The topological polar surface area (TPSA) is 105 Å². The second kappa shape index (κ2) is 10.2. The SMILES string of the molecule is CCCCNC(=S)N(CCOC)c1c(N)n(CC(C)C)c(=O)[nH]c1=O. The second-order valence-electron chi connectivity index (χ2n) is 6.23. The Balaban J connectivity index is 3.30. The highest BCUT2D eigenvalue weighted by Gasteiger charge is 2.22. The van der Waals surface area contributed by atoms with Crippen LogP contribution in [0.4, 0.5) is 11.5 Å². The fourth-order valence-corrected chi connectivity index (χ4v) is 2.63. The van der Waals surface area contributed by atoms with Crippen molar-refractivity contribution in [3.63, 3.8) is 0 Å². The molecule has 8 nitrogen and oxygen atoms in total. The zero-order chi connectivity index (χ0) is 19.0. The molecule has 0 amide bonds. The summed E-state index contributed by atoms with van der Waals surface area (Å²) in [5, 5.41) is 3.51. The van der Waals surface area contributed by atoms with Gasteiger partial charge in [-0.2, -0.15) is 0 Å². The van der Waals surface area contributed by atoms with Crippen LogP contribution in [0.5, 0.6) is 0 Å². The average Bonchev–Trinajstić information content (AvgIpc) is 2.54. The van der Waals surface area contributed by atoms with Crippen molar-refractivity contribution in [3.05, 3.63) is 20.8 Å². The summed E-state index contributed by atoms with van der Waals surface area (Å²) in [5.41, 5.74) is 5.27. The van der Waals surface area contributed by atoms with Crippen molar-refractivity contribution in [2.75, 3.05) is 37.4 Å². The first-order valence-electron chi connectivity index (χ1n) is 8.50. The summed E-state index contributed by atoms with van der Waals surface area (Å²) in [6.45, 7) is 7.83. The van der Waals surface area contributed by atoms with Crippen molar-refractivity contribution >= 4 is 28.8 Å². The number of H-pyrrole nitrogens is 1. The third-order valence-corrected chi connectivity index (χ3v) is 3.97. The minimum absolute atomic E-state index is 0.109. The van der Waals surface area contributed by atoms with Gasteiger partial charge in [-0.05, 0) is 24.6 Å². The fourth-order valence-electron chi connectivity index (χ4n) is 2.35. The number of nitrogens with zero attached hydrogens (tertiary/aromatic N) is 2. The van der Waals surface area contributed by atoms with Crippen molar-refractivity contribution in [2.24, 2.45) is 5.92 Å². The number of anilines is 2. The number of hydrogen-bond acceptors (Lipinski definition) is 5. The van der Waals surface area contributed by atoms with Crippen molar-refractivity contribution in [1.82, 2.24) is 14.9 Å². The number of aromatic amines is 1. The van der Waals surface area contributed by atoms with E-state index in [-0.39, 0.29) is 17.4 Å². The quantitative estimate of drug-likeness (QED) is 0.437. The number of hydrogen-bond donors (Lipinski definition) is 3. The Morgan fingerprint density at radius 2 is 2.12 bits per heavy atom. The molecule has 25 heavy (non-hydrogen) atoms. The Bertz CT molecular complexity index is 683. The van der Waals surface area contributed by atoms with Gasteiger partial charge in [0.15, 0.2) is 10.8 Å². The highest BCUT2D eigenvalue weighted by Crippen LogP contribution is 2.17. The van der Waals surface area contributed by atoms with Crippen LogP contribution in [-0.4, -0.2) is 41.5 Å². The summed E-state index contributed by atoms with van der Waals surface area (Å²) in [4.78, 5) is 28.5. The molecule has 4 N–H and O–H groups in total. The summed E-state index contributed by atoms with van der Waals surface area (Å²) in [5.74, 6) is 0.305. The van der Waals surface area contributed by atoms with Crippen LogP contribution in [0.2, 0.25) is 0 Å². The molecule has 0 fully saturated rings. The molecule has 1 aromatic rings. The normalized spacial score (nSPS) is 10.9. The van der Waals surface area contributed by atoms with E-state index in [4.69, 9.17) is 22.7 Å². The molecule has 0 saturated heterocycles. The zero-order valence-corrected chi connectivity index (χ0v) is 16.2. The lowest BCUT2D eigenvalue weighted by Gasteiger charge is -2.27. The van der Waals surface area contributed by atoms with Crippen molar-refractivity contribution < 1.29 is 4.74 Å². The Kier molecular flexibility index (Phi) is 8.64. The summed E-state index contributed by atoms with van der Waals surface area (Å²) in [7, 11) is 1.57. The van der Waals surface area contributed by atoms with E-state index in [9.17, 15) is 9.59 Å². The van der Waals surface area contributed by atoms with Crippen LogP contribution >= 0.6 is 12.2 Å². The van der Waals surface area contributed by atoms with Gasteiger partial charge in [-0.25, -0.2) is 4.79 Å². The molecular formula is C16H29N5O3S. The van der Waals surface area contributed by atoms with Gasteiger partial charge in [-0.15, -0.1) is 0 Å². The van der Waals surface area contributed by atoms with E-state index < -0.39 is 11.2 Å². The number of nitrogens with two attached hydrogens (primary N) is 1. The summed E-state index contributed by atoms with van der Waals surface area (Å²) in [6, 6.07) is 0. The van der Waals surface area contributed by atoms with Gasteiger partial charge in [0.05, 0.1) is 6.61 Å². The molecule has 0 saturated carbocycles. The predicted molar refractivity (Wildman–Crippen MR) is 105 cm³/mol. The Labute approximate surface area is 153 Å². The van der Waals surface area contributed by atoms with Crippen LogP contribution in [0, 0.1) is 5.92 Å². The van der Waals surface area contributed by atoms with Crippen LogP contribution < -0.4 is 27.2 Å². The Morgan fingerprint density at radius 3 is 2.68 bits per heavy atom. The van der Waals surface area contributed by atoms with Crippen LogP contribution in [0.15, 0.2) is 9.59 Å². The Morgan fingerprint density at radius 1 is 1.44 bits per heavy atom. The standard InChI is InChI=1S/C16H29N5O3S/c1-5-6-7-18-16(25)20(8-9-24-4)12-13(17)21(10-11(2)3)15(23)19-14(12)22/h11H,5-10,17H2,1-4H3,(H,18,25)(H,19,22,23). The summed E-state index contributed by atoms with van der Waals surface area (Å²) >= 11 is 5.43. The molecule has 0 atom stereocenters. The molecule has 0 bridgehead atoms. The lowest BCUT2D eigenvalue weighted by Crippen LogP contribution is -2.47. The van der Waals surface area contributed by atoms with Crippen LogP contribution in [0.1, 0.15) is 33.6 Å². The largest absolute Gasteiger partial charge is 0.383 e. The maximum atomic E-state index is 12.4. The highest BCUT2D eigenvalue weighted by atomic mass is 32.1. The Hall–Kier alpha value is -1.87. The first-order chi connectivity index (χ1) is 11.8. The molecule has 9 heteroatoms. The van der Waals surface area contributed by atoms with Gasteiger partial charge in [-0.1, -0.05) is 27.2 Å². The molecule has 0 aliphatic carbocycles. The van der Waals surface area contributed by atoms with E-state index in [2.05, 4.69) is 17.2 Å². The lowest BCUT2D eigenvalue weighted by atomic mass is 10.2. The van der Waals surface area contributed by atoms with E-state index in [0.29, 0.717) is 31.4 Å². The van der Waals surface area contributed by atoms with E-state index >= 15 is 0 Å². The smallest absolute Gasteiger partial charge is 0.330 e. The van der Waals surface area contributed by atoms with Crippen molar-refractivity contribution in [3.8, 4) is 0 Å². The van der Waals surface area contributed by atoms with E-state index in [1.54, 1.807) is 12.0 Å². The molecular weight excluding hydrogens is 342 g/mol. The minimum atomic E-state index is -0.557. The molecule has 0 unspecified atom stereocenters. The maximum Gasteiger partial charge on any atom is 0.330 e. The molecule has 0 aliphatic heterocycles. The van der Waals surface area contributed by atoms with Crippen LogP contribution in [0.25, 0.3) is 0 Å². The molecule has 1 aromatic heterocycles. The second-order valence-corrected chi connectivity index (χ2v) is 6.61. The minimum Gasteiger partial charge on any atom is -0.383 e. The monoisotopic (exact) mass is 371 g/mol. The fraction of sp³-hybridized carbons (Fsp3) is 0.688. The van der Waals surface area contributed by atoms with E-state index in [1.165, 1.54) is 4.57 Å². The molecule has 1 rings (SSSR count). The highest BCUT2D eigenvalue weighted by molar-refractivity contribution is 7.80. The number of ether oxygens (including phenoxy) is 1. The van der Waals surface area contributed by atoms with E-state index in [0.717, 1.165) is 12.8 Å². The molecule has 142 valence electrons. The zero-order valence-electron chi connectivity index (χ0n) is 15.4. The van der Waals surface area contributed by atoms with Gasteiger partial charge >= 0.3 is 5.69 Å². The van der Waals surface area contributed by atoms with Crippen LogP contribution in [-0.2, 0) is 11.3 Å². The number of nitrogen functional groups attached to an aromatic ring is 1. The number of methoxy groups -OCH3 is 1. The predicted octanol–water partition coefficient (Wildman–Crippen LogP) is 0.902. The third kappa shape index (κ3) is 5.86. The van der Waals surface area contributed by atoms with Gasteiger partial charge in [-0.3, -0.25) is 14.3 Å². The van der Waals surface area contributed by atoms with Crippen molar-refractivity contribution in [1.29, 1.82) is 0 Å². The third-order valence-electron chi connectivity index (χ3n) is 3.60. The summed E-state index contributed by atoms with van der Waals surface area (Å²) < 4.78 is 6.49. The lowest BCUT2D eigenvalue weighted by molar-refractivity contribution is 0.207. The number of thiocarbonyl (C=S) groups is 1. The maximum absolute atomic E-state index is 12.4. The first kappa shape index (κ1) is 21.2. The van der Waals surface area contributed by atoms with Gasteiger partial charge < -0.3 is 20.7 Å². The van der Waals surface area contributed by atoms with Gasteiger partial charge in [0, 0.05) is 26.7 Å². The number of aromatic nitrogens is 2. The van der Waals surface area contributed by atoms with Crippen molar-refractivity contribution in [2.45, 2.75) is 40.2 Å². The van der Waals surface area contributed by atoms with Gasteiger partial charge in [0.1, 0.15) is 5.82 Å². The summed E-state index contributed by atoms with van der Waals surface area (Å²) in [6.07, 6.45) is 1.98. The van der Waals surface area contributed by atoms with E-state index in [1.807, 2.05) is 13.8 Å². The molecule has 0 spiro atoms. The molecule has 0 radical (unpaired) electrons. The number of rotatable bonds is 9. The number of unbranched alkanes of at least 4 members (excludes halogenated alkanes) is 1.